The maximum absolute atomic E-state index is 13.7. The van der Waals surface area contributed by atoms with Crippen LogP contribution in [0, 0.1) is 11.3 Å². The monoisotopic (exact) mass is 417 g/mol. The van der Waals surface area contributed by atoms with E-state index < -0.39 is 17.2 Å². The summed E-state index contributed by atoms with van der Waals surface area (Å²) in [5, 5.41) is 1.67. The van der Waals surface area contributed by atoms with Crippen LogP contribution >= 0.6 is 0 Å². The lowest BCUT2D eigenvalue weighted by atomic mass is 9.73. The lowest BCUT2D eigenvalue weighted by molar-refractivity contribution is -0.0910. The van der Waals surface area contributed by atoms with E-state index in [2.05, 4.69) is 23.6 Å². The van der Waals surface area contributed by atoms with E-state index in [1.165, 1.54) is 12.4 Å². The summed E-state index contributed by atoms with van der Waals surface area (Å²) >= 11 is 0. The summed E-state index contributed by atoms with van der Waals surface area (Å²) in [6.45, 7) is 11.1. The SMILES string of the molecule is C=C1N=CNN1CC(C)(/C(=C/C=C(\C)Oc1ccccc1)C(=C)C(F)(F)F)C1CC1. The second kappa shape index (κ2) is 8.42. The first-order chi connectivity index (χ1) is 14.1. The van der Waals surface area contributed by atoms with Gasteiger partial charge in [-0.05, 0) is 49.5 Å². The summed E-state index contributed by atoms with van der Waals surface area (Å²) in [5.41, 5.74) is 1.45. The van der Waals surface area contributed by atoms with Gasteiger partial charge in [0.2, 0.25) is 0 Å². The number of nitrogens with zero attached hydrogens (tertiary/aromatic N) is 2. The molecule has 7 heteroatoms. The van der Waals surface area contributed by atoms with E-state index in [0.29, 0.717) is 23.9 Å². The minimum atomic E-state index is -4.53. The number of ether oxygens (including phenoxy) is 1. The molecule has 2 aliphatic rings. The molecule has 0 amide bonds. The van der Waals surface area contributed by atoms with Gasteiger partial charge in [0.1, 0.15) is 23.7 Å². The quantitative estimate of drug-likeness (QED) is 0.432. The molecule has 0 spiro atoms. The molecular weight excluding hydrogens is 391 g/mol. The molecule has 1 aromatic carbocycles. The molecule has 1 aromatic rings. The molecule has 0 bridgehead atoms. The van der Waals surface area contributed by atoms with Gasteiger partial charge >= 0.3 is 6.18 Å². The Bertz CT molecular complexity index is 898. The van der Waals surface area contributed by atoms with Gasteiger partial charge < -0.3 is 4.74 Å². The van der Waals surface area contributed by atoms with Gasteiger partial charge in [-0.25, -0.2) is 4.99 Å². The minimum Gasteiger partial charge on any atom is -0.462 e. The highest BCUT2D eigenvalue weighted by Gasteiger charge is 2.50. The number of hydrogen-bond acceptors (Lipinski definition) is 4. The van der Waals surface area contributed by atoms with Crippen molar-refractivity contribution in [1.82, 2.24) is 10.4 Å². The largest absolute Gasteiger partial charge is 0.462 e. The fourth-order valence-corrected chi connectivity index (χ4v) is 3.63. The maximum Gasteiger partial charge on any atom is 0.416 e. The van der Waals surface area contributed by atoms with E-state index in [9.17, 15) is 13.2 Å². The third kappa shape index (κ3) is 4.96. The van der Waals surface area contributed by atoms with Crippen LogP contribution in [-0.2, 0) is 0 Å². The van der Waals surface area contributed by atoms with E-state index >= 15 is 0 Å². The Morgan fingerprint density at radius 2 is 1.93 bits per heavy atom. The average Bonchev–Trinajstić information content (AvgIpc) is 3.47. The fraction of sp³-hybridized carbons (Fsp3) is 0.348. The molecule has 3 rings (SSSR count). The third-order valence-corrected chi connectivity index (χ3v) is 5.49. The Labute approximate surface area is 175 Å². The van der Waals surface area contributed by atoms with Crippen molar-refractivity contribution in [1.29, 1.82) is 0 Å². The molecule has 1 saturated carbocycles. The number of allylic oxidation sites excluding steroid dienone is 4. The van der Waals surface area contributed by atoms with Gasteiger partial charge in [0.25, 0.3) is 0 Å². The number of hydrazine groups is 1. The molecule has 0 saturated heterocycles. The van der Waals surface area contributed by atoms with Gasteiger partial charge in [0.05, 0.1) is 12.1 Å². The van der Waals surface area contributed by atoms with E-state index in [4.69, 9.17) is 4.74 Å². The zero-order valence-electron chi connectivity index (χ0n) is 17.2. The molecule has 1 aliphatic heterocycles. The van der Waals surface area contributed by atoms with E-state index in [-0.39, 0.29) is 11.5 Å². The standard InChI is InChI=1S/C23H26F3N3O/c1-16(30-20-8-6-5-7-9-20)10-13-21(17(2)23(24,25)26)22(4,19-11-12-19)14-29-18(3)27-15-28-29/h5-10,13,15,19H,2-3,11-12,14H2,1,4H3,(H,27,28)/b16-10+,21-13+. The van der Waals surface area contributed by atoms with Crippen molar-refractivity contribution >= 4 is 6.34 Å². The topological polar surface area (TPSA) is 36.9 Å². The van der Waals surface area contributed by atoms with Crippen LogP contribution in [0.5, 0.6) is 5.75 Å². The summed E-state index contributed by atoms with van der Waals surface area (Å²) in [4.78, 5) is 4.05. The second-order valence-corrected chi connectivity index (χ2v) is 7.83. The van der Waals surface area contributed by atoms with Gasteiger partial charge in [-0.3, -0.25) is 10.4 Å². The molecule has 1 aliphatic carbocycles. The zero-order valence-corrected chi connectivity index (χ0v) is 17.2. The average molecular weight is 417 g/mol. The summed E-state index contributed by atoms with van der Waals surface area (Å²) in [7, 11) is 0. The van der Waals surface area contributed by atoms with Gasteiger partial charge in [-0.15, -0.1) is 0 Å². The van der Waals surface area contributed by atoms with Gasteiger partial charge in [-0.2, -0.15) is 13.2 Å². The van der Waals surface area contributed by atoms with Crippen molar-refractivity contribution in [2.24, 2.45) is 16.3 Å². The minimum absolute atomic E-state index is 0.113. The Kier molecular flexibility index (Phi) is 6.10. The maximum atomic E-state index is 13.7. The highest BCUT2D eigenvalue weighted by atomic mass is 19.4. The van der Waals surface area contributed by atoms with Crippen molar-refractivity contribution < 1.29 is 17.9 Å². The smallest absolute Gasteiger partial charge is 0.416 e. The molecule has 1 heterocycles. The highest BCUT2D eigenvalue weighted by Crippen LogP contribution is 2.54. The van der Waals surface area contributed by atoms with Crippen LogP contribution < -0.4 is 10.2 Å². The Morgan fingerprint density at radius 1 is 1.27 bits per heavy atom. The molecule has 160 valence electrons. The van der Waals surface area contributed by atoms with Crippen LogP contribution in [0.1, 0.15) is 26.7 Å². The van der Waals surface area contributed by atoms with Crippen molar-refractivity contribution in [2.45, 2.75) is 32.9 Å². The molecule has 0 aromatic heterocycles. The lowest BCUT2D eigenvalue weighted by Crippen LogP contribution is -2.43. The van der Waals surface area contributed by atoms with Gasteiger partial charge in [-0.1, -0.05) is 44.4 Å². The summed E-state index contributed by atoms with van der Waals surface area (Å²) in [6.07, 6.45) is 1.74. The van der Waals surface area contributed by atoms with Crippen molar-refractivity contribution in [3.8, 4) is 5.75 Å². The number of nitrogens with one attached hydrogen (secondary N) is 1. The van der Waals surface area contributed by atoms with E-state index in [1.54, 1.807) is 30.1 Å². The van der Waals surface area contributed by atoms with Crippen LogP contribution in [0.2, 0.25) is 0 Å². The first kappa shape index (κ1) is 21.7. The number of benzene rings is 1. The molecule has 1 atom stereocenters. The molecule has 1 N–H and O–H groups in total. The van der Waals surface area contributed by atoms with Crippen LogP contribution in [0.3, 0.4) is 0 Å². The lowest BCUT2D eigenvalue weighted by Gasteiger charge is -2.38. The number of alkyl halides is 3. The molecule has 1 fully saturated rings. The zero-order chi connectivity index (χ0) is 21.9. The van der Waals surface area contributed by atoms with Crippen LogP contribution in [0.15, 0.2) is 83.4 Å². The predicted molar refractivity (Wildman–Crippen MR) is 112 cm³/mol. The summed E-state index contributed by atoms with van der Waals surface area (Å²) in [5.74, 6) is 1.69. The van der Waals surface area contributed by atoms with Gasteiger partial charge in [0, 0.05) is 5.41 Å². The Balaban J connectivity index is 1.94. The molecule has 0 radical (unpaired) electrons. The second-order valence-electron chi connectivity index (χ2n) is 7.83. The van der Waals surface area contributed by atoms with Crippen molar-refractivity contribution in [3.05, 3.63) is 78.4 Å². The Morgan fingerprint density at radius 3 is 2.47 bits per heavy atom. The fourth-order valence-electron chi connectivity index (χ4n) is 3.63. The number of aliphatic imine (C=N–C) groups is 1. The summed E-state index contributed by atoms with van der Waals surface area (Å²) in [6, 6.07) is 9.10. The number of halogens is 3. The van der Waals surface area contributed by atoms with Crippen molar-refractivity contribution in [2.75, 3.05) is 6.54 Å². The van der Waals surface area contributed by atoms with Gasteiger partial charge in [0.15, 0.2) is 0 Å². The molecular formula is C23H26F3N3O. The molecule has 1 unspecified atom stereocenters. The third-order valence-electron chi connectivity index (χ3n) is 5.49. The predicted octanol–water partition coefficient (Wildman–Crippen LogP) is 5.75. The molecule has 4 nitrogen and oxygen atoms in total. The number of rotatable bonds is 8. The normalized spacial score (nSPS) is 19.5. The summed E-state index contributed by atoms with van der Waals surface area (Å²) < 4.78 is 46.9. The molecule has 30 heavy (non-hydrogen) atoms. The Hall–Kier alpha value is -2.96. The first-order valence-electron chi connectivity index (χ1n) is 9.75. The van der Waals surface area contributed by atoms with Crippen LogP contribution in [0.25, 0.3) is 0 Å². The van der Waals surface area contributed by atoms with Crippen molar-refractivity contribution in [3.63, 3.8) is 0 Å². The van der Waals surface area contributed by atoms with Crippen LogP contribution in [-0.4, -0.2) is 24.1 Å². The highest BCUT2D eigenvalue weighted by molar-refractivity contribution is 5.58. The number of para-hydroxylation sites is 1. The number of hydrogen-bond donors (Lipinski definition) is 1. The van der Waals surface area contributed by atoms with Crippen LogP contribution in [0.4, 0.5) is 13.2 Å². The van der Waals surface area contributed by atoms with E-state index in [1.807, 2.05) is 25.1 Å². The van der Waals surface area contributed by atoms with E-state index in [0.717, 1.165) is 12.8 Å². The first-order valence-corrected chi connectivity index (χ1v) is 9.75.